The zero-order valence-corrected chi connectivity index (χ0v) is 27.4. The molecule has 6 nitrogen and oxygen atoms in total. The highest BCUT2D eigenvalue weighted by Crippen LogP contribution is 2.41. The number of aromatic nitrogens is 5. The van der Waals surface area contributed by atoms with Crippen molar-refractivity contribution in [3.8, 4) is 39.8 Å². The van der Waals surface area contributed by atoms with Gasteiger partial charge in [-0.1, -0.05) is 133 Å². The molecule has 0 aliphatic rings. The second-order valence-corrected chi connectivity index (χ2v) is 12.6. The maximum atomic E-state index is 15.5. The lowest BCUT2D eigenvalue weighted by molar-refractivity contribution is 0.973. The lowest BCUT2D eigenvalue weighted by Crippen LogP contribution is -2.21. The highest BCUT2D eigenvalue weighted by molar-refractivity contribution is 6.25. The van der Waals surface area contributed by atoms with Crippen molar-refractivity contribution in [2.24, 2.45) is 0 Å². The van der Waals surface area contributed by atoms with E-state index in [1.165, 1.54) is 0 Å². The molecule has 0 saturated heterocycles. The fraction of sp³-hybridized carbons (Fsp3) is 0. The van der Waals surface area contributed by atoms with Gasteiger partial charge in [-0.2, -0.15) is 0 Å². The number of nitrogens with zero attached hydrogens (tertiary/aromatic N) is 5. The van der Waals surface area contributed by atoms with Crippen LogP contribution in [0.3, 0.4) is 0 Å². The summed E-state index contributed by atoms with van der Waals surface area (Å²) in [7, 11) is 0. The van der Waals surface area contributed by atoms with E-state index in [0.717, 1.165) is 72.1 Å². The molecule has 0 bridgehead atoms. The van der Waals surface area contributed by atoms with Gasteiger partial charge in [0.25, 0.3) is 5.56 Å². The minimum Gasteiger partial charge on any atom is -0.307 e. The van der Waals surface area contributed by atoms with Crippen LogP contribution in [0.2, 0.25) is 0 Å². The molecule has 0 aliphatic carbocycles. The van der Waals surface area contributed by atoms with Gasteiger partial charge in [0.1, 0.15) is 5.52 Å². The molecule has 10 rings (SSSR count). The van der Waals surface area contributed by atoms with Crippen molar-refractivity contribution in [2.75, 3.05) is 0 Å². The first-order chi connectivity index (χ1) is 25.3. The molecule has 0 radical (unpaired) electrons. The van der Waals surface area contributed by atoms with E-state index in [-0.39, 0.29) is 5.56 Å². The molecular formula is C45H29N5O. The summed E-state index contributed by atoms with van der Waals surface area (Å²) < 4.78 is 6.13. The summed E-state index contributed by atoms with van der Waals surface area (Å²) in [5.41, 5.74) is 9.29. The van der Waals surface area contributed by atoms with Crippen molar-refractivity contribution < 1.29 is 0 Å². The molecule has 0 aliphatic heterocycles. The predicted octanol–water partition coefficient (Wildman–Crippen LogP) is 10.2. The Kier molecular flexibility index (Phi) is 6.54. The van der Waals surface area contributed by atoms with Gasteiger partial charge in [-0.3, -0.25) is 13.9 Å². The van der Waals surface area contributed by atoms with Crippen molar-refractivity contribution in [3.63, 3.8) is 0 Å². The van der Waals surface area contributed by atoms with E-state index in [4.69, 9.17) is 9.97 Å². The van der Waals surface area contributed by atoms with E-state index in [1.54, 1.807) is 0 Å². The molecule has 0 spiro atoms. The topological polar surface area (TPSA) is 57.6 Å². The van der Waals surface area contributed by atoms with Crippen molar-refractivity contribution in [3.05, 3.63) is 186 Å². The van der Waals surface area contributed by atoms with Crippen LogP contribution >= 0.6 is 0 Å². The van der Waals surface area contributed by atoms with Crippen LogP contribution in [0.1, 0.15) is 0 Å². The van der Waals surface area contributed by atoms with Gasteiger partial charge in [0, 0.05) is 38.7 Å². The molecular weight excluding hydrogens is 627 g/mol. The van der Waals surface area contributed by atoms with Crippen LogP contribution < -0.4 is 5.56 Å². The average molecular weight is 656 g/mol. The van der Waals surface area contributed by atoms with Gasteiger partial charge in [-0.05, 0) is 42.5 Å². The Bertz CT molecular complexity index is 2910. The summed E-state index contributed by atoms with van der Waals surface area (Å²) in [5, 5.41) is 2.79. The summed E-state index contributed by atoms with van der Waals surface area (Å²) >= 11 is 0. The first-order valence-electron chi connectivity index (χ1n) is 17.0. The first kappa shape index (κ1) is 28.9. The van der Waals surface area contributed by atoms with Gasteiger partial charge in [0.05, 0.1) is 33.5 Å². The first-order valence-corrected chi connectivity index (χ1v) is 17.0. The average Bonchev–Trinajstić information content (AvgIpc) is 3.73. The van der Waals surface area contributed by atoms with Crippen molar-refractivity contribution in [1.29, 1.82) is 0 Å². The molecule has 0 atom stereocenters. The second-order valence-electron chi connectivity index (χ2n) is 12.6. The maximum absolute atomic E-state index is 15.5. The van der Waals surface area contributed by atoms with Crippen molar-refractivity contribution in [1.82, 2.24) is 23.7 Å². The van der Waals surface area contributed by atoms with Gasteiger partial charge in [0.2, 0.25) is 5.95 Å². The zero-order valence-electron chi connectivity index (χ0n) is 27.4. The van der Waals surface area contributed by atoms with Gasteiger partial charge in [-0.25, -0.2) is 9.97 Å². The zero-order chi connectivity index (χ0) is 33.9. The predicted molar refractivity (Wildman–Crippen MR) is 207 cm³/mol. The van der Waals surface area contributed by atoms with Gasteiger partial charge < -0.3 is 4.57 Å². The highest BCUT2D eigenvalue weighted by Gasteiger charge is 2.27. The summed E-state index contributed by atoms with van der Waals surface area (Å²) in [5.74, 6) is 0.430. The van der Waals surface area contributed by atoms with Crippen LogP contribution in [0.25, 0.3) is 83.6 Å². The molecule has 6 heteroatoms. The summed E-state index contributed by atoms with van der Waals surface area (Å²) in [6.45, 7) is 0. The Labute approximate surface area is 292 Å². The third-order valence-electron chi connectivity index (χ3n) is 9.67. The van der Waals surface area contributed by atoms with Crippen LogP contribution in [-0.2, 0) is 0 Å². The van der Waals surface area contributed by atoms with Crippen LogP contribution in [0.4, 0.5) is 0 Å². The lowest BCUT2D eigenvalue weighted by Gasteiger charge is -2.14. The fourth-order valence-electron chi connectivity index (χ4n) is 7.49. The van der Waals surface area contributed by atoms with Crippen molar-refractivity contribution in [2.45, 2.75) is 0 Å². The number of rotatable bonds is 5. The Morgan fingerprint density at radius 3 is 1.41 bits per heavy atom. The summed E-state index contributed by atoms with van der Waals surface area (Å²) in [4.78, 5) is 25.9. The van der Waals surface area contributed by atoms with Crippen LogP contribution in [0.5, 0.6) is 0 Å². The SMILES string of the molecule is O=c1c2c(c3ccccc3n2-c2nc(-c3ccccc3)cc(-c3ccccc3)n2)c2c(c3ccccc3n2-c2ccccc2)n1-c1ccccc1. The Morgan fingerprint density at radius 2 is 0.843 bits per heavy atom. The molecule has 0 saturated carbocycles. The fourth-order valence-corrected chi connectivity index (χ4v) is 7.49. The Balaban J connectivity index is 1.45. The number of hydrogen-bond acceptors (Lipinski definition) is 3. The molecule has 51 heavy (non-hydrogen) atoms. The number of hydrogen-bond donors (Lipinski definition) is 0. The van der Waals surface area contributed by atoms with E-state index in [9.17, 15) is 0 Å². The Hall–Kier alpha value is -7.05. The quantitative estimate of drug-likeness (QED) is 0.185. The van der Waals surface area contributed by atoms with Crippen LogP contribution in [0.15, 0.2) is 181 Å². The Morgan fingerprint density at radius 1 is 0.392 bits per heavy atom. The molecule has 0 N–H and O–H groups in total. The number of fused-ring (bicyclic) bond motifs is 7. The molecule has 10 aromatic rings. The second kappa shape index (κ2) is 11.5. The van der Waals surface area contributed by atoms with Crippen molar-refractivity contribution >= 4 is 43.7 Å². The smallest absolute Gasteiger partial charge is 0.280 e. The van der Waals surface area contributed by atoms with E-state index in [0.29, 0.717) is 11.5 Å². The normalized spacial score (nSPS) is 11.6. The summed E-state index contributed by atoms with van der Waals surface area (Å²) in [6.07, 6.45) is 0. The molecule has 0 fully saturated rings. The standard InChI is InChI=1S/C45H29N5O/c51-44-43-40(42-41(49(44)33-23-11-4-12-24-33)35-26-14-16-28-39(35)48(42)32-21-9-3-10-22-32)34-25-13-15-27-38(34)50(43)45-46-36(30-17-5-1-6-18-30)29-37(47-45)31-19-7-2-8-20-31/h1-29H. The minimum atomic E-state index is -0.147. The summed E-state index contributed by atoms with van der Waals surface area (Å²) in [6, 6.07) is 59.1. The monoisotopic (exact) mass is 655 g/mol. The van der Waals surface area contributed by atoms with Crippen LogP contribution in [0, 0.1) is 0 Å². The van der Waals surface area contributed by atoms with E-state index < -0.39 is 0 Å². The molecule has 6 aromatic carbocycles. The van der Waals surface area contributed by atoms with E-state index in [1.807, 2.05) is 106 Å². The van der Waals surface area contributed by atoms with Gasteiger partial charge in [0.15, 0.2) is 0 Å². The number of benzene rings is 6. The molecule has 0 unspecified atom stereocenters. The number of para-hydroxylation sites is 4. The van der Waals surface area contributed by atoms with Crippen LogP contribution in [-0.4, -0.2) is 23.7 Å². The van der Waals surface area contributed by atoms with Gasteiger partial charge in [-0.15, -0.1) is 0 Å². The van der Waals surface area contributed by atoms with E-state index >= 15 is 4.79 Å². The molecule has 4 aromatic heterocycles. The third kappa shape index (κ3) is 4.47. The maximum Gasteiger partial charge on any atom is 0.280 e. The molecule has 240 valence electrons. The number of pyridine rings is 1. The van der Waals surface area contributed by atoms with Gasteiger partial charge >= 0.3 is 0 Å². The van der Waals surface area contributed by atoms with E-state index in [2.05, 4.69) is 83.4 Å². The molecule has 0 amide bonds. The lowest BCUT2D eigenvalue weighted by atomic mass is 10.1. The molecule has 4 heterocycles. The third-order valence-corrected chi connectivity index (χ3v) is 9.67. The highest BCUT2D eigenvalue weighted by atomic mass is 16.1. The largest absolute Gasteiger partial charge is 0.307 e. The minimum absolute atomic E-state index is 0.147.